The zero-order valence-corrected chi connectivity index (χ0v) is 11.0. The molecule has 0 heterocycles. The van der Waals surface area contributed by atoms with Gasteiger partial charge < -0.3 is 0 Å². The van der Waals surface area contributed by atoms with E-state index in [4.69, 9.17) is 0 Å². The number of carbonyl (C=O) groups is 1. The van der Waals surface area contributed by atoms with Crippen LogP contribution in [-0.2, 0) is 4.79 Å². The van der Waals surface area contributed by atoms with Crippen LogP contribution in [0.1, 0.15) is 77.0 Å². The molecule has 1 saturated carbocycles. The molecule has 17 heavy (non-hydrogen) atoms. The van der Waals surface area contributed by atoms with E-state index in [-0.39, 0.29) is 0 Å². The van der Waals surface area contributed by atoms with Crippen LogP contribution >= 0.6 is 0 Å². The molecule has 0 unspecified atom stereocenters. The Kier molecular flexibility index (Phi) is 5.28. The molecule has 1 fully saturated rings. The van der Waals surface area contributed by atoms with Gasteiger partial charge >= 0.3 is 0 Å². The van der Waals surface area contributed by atoms with Crippen molar-refractivity contribution in [3.8, 4) is 0 Å². The summed E-state index contributed by atoms with van der Waals surface area (Å²) in [7, 11) is 0. The quantitative estimate of drug-likeness (QED) is 0.624. The van der Waals surface area contributed by atoms with E-state index in [0.717, 1.165) is 18.8 Å². The van der Waals surface area contributed by atoms with Crippen LogP contribution < -0.4 is 0 Å². The Balaban J connectivity index is 1.57. The van der Waals surface area contributed by atoms with Gasteiger partial charge in [0.05, 0.1) is 0 Å². The minimum Gasteiger partial charge on any atom is -0.295 e. The molecule has 0 N–H and O–H groups in total. The van der Waals surface area contributed by atoms with Crippen molar-refractivity contribution in [1.29, 1.82) is 0 Å². The van der Waals surface area contributed by atoms with E-state index in [1.54, 1.807) is 0 Å². The summed E-state index contributed by atoms with van der Waals surface area (Å²) >= 11 is 0. The second-order valence-corrected chi connectivity index (χ2v) is 5.87. The maximum atomic E-state index is 11.3. The number of rotatable bonds is 5. The van der Waals surface area contributed by atoms with Gasteiger partial charge in [-0.2, -0.15) is 0 Å². The Labute approximate surface area is 106 Å². The van der Waals surface area contributed by atoms with E-state index < -0.39 is 0 Å². The second kappa shape index (κ2) is 6.98. The van der Waals surface area contributed by atoms with E-state index in [0.29, 0.717) is 5.78 Å². The van der Waals surface area contributed by atoms with Crippen LogP contribution in [0.2, 0.25) is 0 Å². The minimum atomic E-state index is 0.360. The molecule has 0 aromatic carbocycles. The van der Waals surface area contributed by atoms with Gasteiger partial charge in [-0.25, -0.2) is 0 Å². The molecule has 0 aromatic heterocycles. The summed E-state index contributed by atoms with van der Waals surface area (Å²) < 4.78 is 0. The maximum absolute atomic E-state index is 11.3. The van der Waals surface area contributed by atoms with E-state index in [1.807, 2.05) is 6.08 Å². The number of hydrogen-bond donors (Lipinski definition) is 0. The lowest BCUT2D eigenvalue weighted by Crippen LogP contribution is -2.06. The SMILES string of the molecule is O=C1C=C(CCCCC2CCCCC2)CCC1. The molecule has 0 amide bonds. The highest BCUT2D eigenvalue weighted by Gasteiger charge is 2.13. The first-order chi connectivity index (χ1) is 8.34. The topological polar surface area (TPSA) is 17.1 Å². The maximum Gasteiger partial charge on any atom is 0.155 e. The fourth-order valence-electron chi connectivity index (χ4n) is 3.32. The summed E-state index contributed by atoms with van der Waals surface area (Å²) in [6.45, 7) is 0. The van der Waals surface area contributed by atoms with Gasteiger partial charge in [0.1, 0.15) is 0 Å². The van der Waals surface area contributed by atoms with Crippen LogP contribution in [0.3, 0.4) is 0 Å². The van der Waals surface area contributed by atoms with Crippen LogP contribution in [0.25, 0.3) is 0 Å². The third kappa shape index (κ3) is 4.65. The van der Waals surface area contributed by atoms with Crippen molar-refractivity contribution in [3.63, 3.8) is 0 Å². The van der Waals surface area contributed by atoms with Crippen molar-refractivity contribution in [2.45, 2.75) is 77.0 Å². The number of ketones is 1. The Morgan fingerprint density at radius 2 is 1.82 bits per heavy atom. The molecule has 0 spiro atoms. The average Bonchev–Trinajstić information content (AvgIpc) is 2.36. The van der Waals surface area contributed by atoms with Crippen molar-refractivity contribution in [2.75, 3.05) is 0 Å². The largest absolute Gasteiger partial charge is 0.295 e. The predicted octanol–water partition coefficient (Wildman–Crippen LogP) is 4.81. The van der Waals surface area contributed by atoms with Crippen LogP contribution in [0.5, 0.6) is 0 Å². The smallest absolute Gasteiger partial charge is 0.155 e. The molecular formula is C16H26O. The summed E-state index contributed by atoms with van der Waals surface area (Å²) in [5.74, 6) is 1.38. The first-order valence-corrected chi connectivity index (χ1v) is 7.57. The molecule has 2 rings (SSSR count). The lowest BCUT2D eigenvalue weighted by atomic mass is 9.85. The Morgan fingerprint density at radius 1 is 1.00 bits per heavy atom. The predicted molar refractivity (Wildman–Crippen MR) is 72.0 cm³/mol. The Bertz CT molecular complexity index is 271. The molecule has 0 saturated heterocycles. The lowest BCUT2D eigenvalue weighted by Gasteiger charge is -2.21. The van der Waals surface area contributed by atoms with E-state index in [1.165, 1.54) is 69.8 Å². The van der Waals surface area contributed by atoms with Gasteiger partial charge in [-0.15, -0.1) is 0 Å². The summed E-state index contributed by atoms with van der Waals surface area (Å²) in [5.41, 5.74) is 1.42. The number of allylic oxidation sites excluding steroid dienone is 2. The molecule has 1 heteroatoms. The summed E-state index contributed by atoms with van der Waals surface area (Å²) in [6.07, 6.45) is 17.6. The Hall–Kier alpha value is -0.590. The lowest BCUT2D eigenvalue weighted by molar-refractivity contribution is -0.115. The zero-order valence-electron chi connectivity index (χ0n) is 11.0. The molecule has 0 aromatic rings. The van der Waals surface area contributed by atoms with Crippen molar-refractivity contribution >= 4 is 5.78 Å². The number of unbranched alkanes of at least 4 members (excludes halogenated alkanes) is 1. The second-order valence-electron chi connectivity index (χ2n) is 5.87. The molecular weight excluding hydrogens is 208 g/mol. The van der Waals surface area contributed by atoms with E-state index in [9.17, 15) is 4.79 Å². The standard InChI is InChI=1S/C16H26O/c17-16-12-6-11-15(13-16)10-5-4-9-14-7-2-1-3-8-14/h13-14H,1-12H2. The molecule has 0 atom stereocenters. The normalized spacial score (nSPS) is 22.6. The van der Waals surface area contributed by atoms with Gasteiger partial charge in [0.25, 0.3) is 0 Å². The molecule has 2 aliphatic rings. The average molecular weight is 234 g/mol. The fraction of sp³-hybridized carbons (Fsp3) is 0.812. The van der Waals surface area contributed by atoms with E-state index >= 15 is 0 Å². The number of hydrogen-bond acceptors (Lipinski definition) is 1. The third-order valence-electron chi connectivity index (χ3n) is 4.37. The first kappa shape index (κ1) is 12.9. The summed E-state index contributed by atoms with van der Waals surface area (Å²) in [4.78, 5) is 11.3. The highest BCUT2D eigenvalue weighted by molar-refractivity contribution is 5.91. The minimum absolute atomic E-state index is 0.360. The van der Waals surface area contributed by atoms with Gasteiger partial charge in [-0.05, 0) is 37.7 Å². The van der Waals surface area contributed by atoms with Crippen LogP contribution in [0.4, 0.5) is 0 Å². The van der Waals surface area contributed by atoms with E-state index in [2.05, 4.69) is 0 Å². The molecule has 0 aliphatic heterocycles. The number of carbonyl (C=O) groups excluding carboxylic acids is 1. The van der Waals surface area contributed by atoms with Crippen molar-refractivity contribution in [1.82, 2.24) is 0 Å². The van der Waals surface area contributed by atoms with Gasteiger partial charge in [0.15, 0.2) is 5.78 Å². The van der Waals surface area contributed by atoms with Crippen molar-refractivity contribution in [3.05, 3.63) is 11.6 Å². The summed E-state index contributed by atoms with van der Waals surface area (Å²) in [5, 5.41) is 0. The molecule has 96 valence electrons. The summed E-state index contributed by atoms with van der Waals surface area (Å²) in [6, 6.07) is 0. The third-order valence-corrected chi connectivity index (χ3v) is 4.37. The molecule has 0 bridgehead atoms. The van der Waals surface area contributed by atoms with Crippen LogP contribution in [0, 0.1) is 5.92 Å². The molecule has 1 nitrogen and oxygen atoms in total. The monoisotopic (exact) mass is 234 g/mol. The van der Waals surface area contributed by atoms with Crippen molar-refractivity contribution < 1.29 is 4.79 Å². The fourth-order valence-corrected chi connectivity index (χ4v) is 3.32. The van der Waals surface area contributed by atoms with Crippen LogP contribution in [-0.4, -0.2) is 5.78 Å². The zero-order chi connectivity index (χ0) is 11.9. The van der Waals surface area contributed by atoms with Gasteiger partial charge in [0, 0.05) is 6.42 Å². The van der Waals surface area contributed by atoms with Gasteiger partial charge in [-0.1, -0.05) is 50.5 Å². The Morgan fingerprint density at radius 3 is 2.59 bits per heavy atom. The molecule has 0 radical (unpaired) electrons. The van der Waals surface area contributed by atoms with Gasteiger partial charge in [0.2, 0.25) is 0 Å². The van der Waals surface area contributed by atoms with Gasteiger partial charge in [-0.3, -0.25) is 4.79 Å². The highest BCUT2D eigenvalue weighted by Crippen LogP contribution is 2.28. The van der Waals surface area contributed by atoms with Crippen molar-refractivity contribution in [2.24, 2.45) is 5.92 Å². The highest BCUT2D eigenvalue weighted by atomic mass is 16.1. The van der Waals surface area contributed by atoms with Crippen LogP contribution in [0.15, 0.2) is 11.6 Å². The molecule has 2 aliphatic carbocycles. The first-order valence-electron chi connectivity index (χ1n) is 7.57.